The lowest BCUT2D eigenvalue weighted by atomic mass is 9.94. The molecule has 2 aromatic heterocycles. The molecule has 3 aromatic rings. The summed E-state index contributed by atoms with van der Waals surface area (Å²) in [7, 11) is 0. The fourth-order valence-corrected chi connectivity index (χ4v) is 3.82. The smallest absolute Gasteiger partial charge is 0.182 e. The molecule has 3 heterocycles. The molecule has 1 aliphatic rings. The van der Waals surface area contributed by atoms with Crippen molar-refractivity contribution in [1.82, 2.24) is 19.5 Å². The van der Waals surface area contributed by atoms with Crippen molar-refractivity contribution in [3.8, 4) is 11.4 Å². The van der Waals surface area contributed by atoms with E-state index in [9.17, 15) is 4.39 Å². The number of nitrogen functional groups attached to an aromatic ring is 1. The zero-order valence-corrected chi connectivity index (χ0v) is 15.8. The second-order valence-corrected chi connectivity index (χ2v) is 7.66. The van der Waals surface area contributed by atoms with Crippen LogP contribution in [0.5, 0.6) is 0 Å². The summed E-state index contributed by atoms with van der Waals surface area (Å²) in [5.41, 5.74) is 14.9. The second-order valence-electron chi connectivity index (χ2n) is 7.25. The first-order valence-corrected chi connectivity index (χ1v) is 9.37. The third-order valence-electron chi connectivity index (χ3n) is 5.25. The van der Waals surface area contributed by atoms with Crippen molar-refractivity contribution in [3.05, 3.63) is 46.9 Å². The van der Waals surface area contributed by atoms with E-state index in [-0.39, 0.29) is 11.1 Å². The summed E-state index contributed by atoms with van der Waals surface area (Å²) >= 11 is 5.87. The maximum absolute atomic E-state index is 13.4. The first-order chi connectivity index (χ1) is 12.9. The van der Waals surface area contributed by atoms with Crippen molar-refractivity contribution < 1.29 is 4.39 Å². The molecule has 0 aliphatic carbocycles. The van der Waals surface area contributed by atoms with E-state index < -0.39 is 5.82 Å². The Bertz CT molecular complexity index is 988. The number of anilines is 1. The van der Waals surface area contributed by atoms with Gasteiger partial charge in [0, 0.05) is 30.9 Å². The van der Waals surface area contributed by atoms with Crippen molar-refractivity contribution >= 4 is 22.9 Å². The monoisotopic (exact) mass is 388 g/mol. The molecule has 0 spiro atoms. The molecule has 1 fully saturated rings. The number of nitrogens with two attached hydrogens (primary N) is 2. The topological polar surface area (TPSA) is 85.5 Å². The van der Waals surface area contributed by atoms with Gasteiger partial charge in [-0.15, -0.1) is 5.10 Å². The number of halogens is 2. The van der Waals surface area contributed by atoms with Crippen LogP contribution in [0.25, 0.3) is 16.9 Å². The van der Waals surface area contributed by atoms with Crippen LogP contribution in [0.3, 0.4) is 0 Å². The Morgan fingerprint density at radius 1 is 1.33 bits per heavy atom. The lowest BCUT2D eigenvalue weighted by Gasteiger charge is -2.34. The largest absolute Gasteiger partial charge is 0.382 e. The Morgan fingerprint density at radius 2 is 2.15 bits per heavy atom. The SMILES string of the molecule is C[C@@H]1CN(Cc2ccn3nc(-c4ccc(F)c(Cl)c4)nc(N)c23)CC[C@H]1N. The Kier molecular flexibility index (Phi) is 4.75. The number of rotatable bonds is 3. The molecular formula is C19H22ClFN6. The van der Waals surface area contributed by atoms with Crippen LogP contribution in [-0.2, 0) is 6.54 Å². The number of benzene rings is 1. The number of hydrogen-bond donors (Lipinski definition) is 2. The van der Waals surface area contributed by atoms with E-state index in [4.69, 9.17) is 23.1 Å². The minimum absolute atomic E-state index is 0.0281. The van der Waals surface area contributed by atoms with Crippen LogP contribution >= 0.6 is 11.6 Å². The van der Waals surface area contributed by atoms with Gasteiger partial charge in [0.2, 0.25) is 0 Å². The Balaban J connectivity index is 1.64. The highest BCUT2D eigenvalue weighted by Crippen LogP contribution is 2.26. The molecule has 4 N–H and O–H groups in total. The predicted molar refractivity (Wildman–Crippen MR) is 105 cm³/mol. The van der Waals surface area contributed by atoms with Crippen LogP contribution in [0.4, 0.5) is 10.2 Å². The van der Waals surface area contributed by atoms with Crippen LogP contribution in [0.2, 0.25) is 5.02 Å². The Labute approximate surface area is 161 Å². The molecule has 142 valence electrons. The van der Waals surface area contributed by atoms with Gasteiger partial charge in [0.25, 0.3) is 0 Å². The minimum Gasteiger partial charge on any atom is -0.382 e. The summed E-state index contributed by atoms with van der Waals surface area (Å²) in [5, 5.41) is 4.55. The number of fused-ring (bicyclic) bond motifs is 1. The summed E-state index contributed by atoms with van der Waals surface area (Å²) in [6.07, 6.45) is 2.87. The van der Waals surface area contributed by atoms with E-state index in [0.717, 1.165) is 37.1 Å². The maximum atomic E-state index is 13.4. The molecule has 1 aromatic carbocycles. The fourth-order valence-electron chi connectivity index (χ4n) is 3.64. The lowest BCUT2D eigenvalue weighted by molar-refractivity contribution is 0.158. The quantitative estimate of drug-likeness (QED) is 0.720. The first kappa shape index (κ1) is 18.2. The van der Waals surface area contributed by atoms with Gasteiger partial charge < -0.3 is 11.5 Å². The van der Waals surface area contributed by atoms with Crippen LogP contribution in [-0.4, -0.2) is 38.6 Å². The molecule has 0 amide bonds. The van der Waals surface area contributed by atoms with Crippen LogP contribution in [0, 0.1) is 11.7 Å². The van der Waals surface area contributed by atoms with Gasteiger partial charge in [0.05, 0.1) is 5.02 Å². The van der Waals surface area contributed by atoms with Gasteiger partial charge in [-0.1, -0.05) is 18.5 Å². The number of hydrogen-bond acceptors (Lipinski definition) is 5. The zero-order chi connectivity index (χ0) is 19.1. The van der Waals surface area contributed by atoms with Crippen LogP contribution in [0.1, 0.15) is 18.9 Å². The average Bonchev–Trinajstić information content (AvgIpc) is 3.04. The van der Waals surface area contributed by atoms with E-state index in [1.807, 2.05) is 12.3 Å². The molecular weight excluding hydrogens is 367 g/mol. The number of piperidine rings is 1. The molecule has 8 heteroatoms. The standard InChI is InChI=1S/C19H22ClFN6/c1-11-9-26(6-5-16(11)22)10-13-4-7-27-17(13)18(23)24-19(25-27)12-2-3-15(21)14(20)8-12/h2-4,7-8,11,16H,5-6,9-10,22H2,1H3,(H2,23,24,25)/t11-,16-/m1/s1. The molecule has 1 saturated heterocycles. The third-order valence-corrected chi connectivity index (χ3v) is 5.54. The average molecular weight is 389 g/mol. The van der Waals surface area contributed by atoms with E-state index in [1.165, 1.54) is 12.1 Å². The van der Waals surface area contributed by atoms with Crippen LogP contribution < -0.4 is 11.5 Å². The maximum Gasteiger partial charge on any atom is 0.182 e. The van der Waals surface area contributed by atoms with Crippen molar-refractivity contribution in [2.75, 3.05) is 18.8 Å². The van der Waals surface area contributed by atoms with Crippen molar-refractivity contribution in [1.29, 1.82) is 0 Å². The summed E-state index contributed by atoms with van der Waals surface area (Å²) in [6.45, 7) is 4.90. The fraction of sp³-hybridized carbons (Fsp3) is 0.368. The van der Waals surface area contributed by atoms with Crippen molar-refractivity contribution in [2.24, 2.45) is 11.7 Å². The van der Waals surface area contributed by atoms with E-state index in [0.29, 0.717) is 23.1 Å². The van der Waals surface area contributed by atoms with Gasteiger partial charge in [-0.25, -0.2) is 13.9 Å². The number of nitrogens with zero attached hydrogens (tertiary/aromatic N) is 4. The summed E-state index contributed by atoms with van der Waals surface area (Å²) < 4.78 is 15.1. The van der Waals surface area contributed by atoms with Gasteiger partial charge in [-0.2, -0.15) is 0 Å². The molecule has 0 bridgehead atoms. The van der Waals surface area contributed by atoms with Gasteiger partial charge in [0.1, 0.15) is 11.3 Å². The van der Waals surface area contributed by atoms with Crippen LogP contribution in [0.15, 0.2) is 30.5 Å². The molecule has 0 saturated carbocycles. The van der Waals surface area contributed by atoms with E-state index in [1.54, 1.807) is 10.6 Å². The highest BCUT2D eigenvalue weighted by molar-refractivity contribution is 6.31. The summed E-state index contributed by atoms with van der Waals surface area (Å²) in [5.74, 6) is 0.785. The van der Waals surface area contributed by atoms with E-state index >= 15 is 0 Å². The van der Waals surface area contributed by atoms with Gasteiger partial charge in [0.15, 0.2) is 11.6 Å². The lowest BCUT2D eigenvalue weighted by Crippen LogP contribution is -2.45. The van der Waals surface area contributed by atoms with E-state index in [2.05, 4.69) is 21.9 Å². The van der Waals surface area contributed by atoms with Crippen molar-refractivity contribution in [2.45, 2.75) is 25.9 Å². The molecule has 2 atom stereocenters. The molecule has 1 aliphatic heterocycles. The molecule has 6 nitrogen and oxygen atoms in total. The van der Waals surface area contributed by atoms with Gasteiger partial charge >= 0.3 is 0 Å². The number of aromatic nitrogens is 3. The third kappa shape index (κ3) is 3.50. The molecule has 0 radical (unpaired) electrons. The normalized spacial score (nSPS) is 21.0. The molecule has 4 rings (SSSR count). The molecule has 27 heavy (non-hydrogen) atoms. The first-order valence-electron chi connectivity index (χ1n) is 8.99. The Morgan fingerprint density at radius 3 is 2.89 bits per heavy atom. The highest BCUT2D eigenvalue weighted by atomic mass is 35.5. The number of likely N-dealkylation sites (tertiary alicyclic amines) is 1. The predicted octanol–water partition coefficient (Wildman–Crippen LogP) is 2.94. The second kappa shape index (κ2) is 7.07. The van der Waals surface area contributed by atoms with Gasteiger partial charge in [-0.3, -0.25) is 4.90 Å². The molecule has 0 unspecified atom stereocenters. The highest BCUT2D eigenvalue weighted by Gasteiger charge is 2.24. The zero-order valence-electron chi connectivity index (χ0n) is 15.1. The van der Waals surface area contributed by atoms with Crippen molar-refractivity contribution in [3.63, 3.8) is 0 Å². The Hall–Kier alpha value is -2.22. The minimum atomic E-state index is -0.479. The summed E-state index contributed by atoms with van der Waals surface area (Å²) in [6, 6.07) is 6.67. The van der Waals surface area contributed by atoms with Gasteiger partial charge in [-0.05, 0) is 48.7 Å². The summed E-state index contributed by atoms with van der Waals surface area (Å²) in [4.78, 5) is 6.81.